The van der Waals surface area contributed by atoms with E-state index in [2.05, 4.69) is 4.98 Å². The molecule has 2 aliphatic heterocycles. The molecule has 1 amide bonds. The highest BCUT2D eigenvalue weighted by atomic mass is 32.1. The van der Waals surface area contributed by atoms with Crippen molar-refractivity contribution in [2.45, 2.75) is 31.9 Å². The van der Waals surface area contributed by atoms with Gasteiger partial charge in [-0.25, -0.2) is 9.78 Å². The molecule has 130 valence electrons. The number of hydrogen-bond acceptors (Lipinski definition) is 5. The van der Waals surface area contributed by atoms with E-state index in [0.29, 0.717) is 18.0 Å². The summed E-state index contributed by atoms with van der Waals surface area (Å²) in [7, 11) is 0. The van der Waals surface area contributed by atoms with Gasteiger partial charge in [-0.1, -0.05) is 6.07 Å². The number of hydrogen-bond donors (Lipinski definition) is 1. The van der Waals surface area contributed by atoms with Gasteiger partial charge in [0.2, 0.25) is 0 Å². The van der Waals surface area contributed by atoms with Crippen molar-refractivity contribution in [2.24, 2.45) is 0 Å². The van der Waals surface area contributed by atoms with Crippen LogP contribution in [0.5, 0.6) is 0 Å². The number of carboxylic acid groups (broad SMARTS) is 1. The Bertz CT molecular complexity index is 826. The second kappa shape index (κ2) is 6.57. The number of carbonyl (C=O) groups excluding carboxylic acids is 1. The number of amides is 1. The van der Waals surface area contributed by atoms with Crippen LogP contribution in [0, 0.1) is 0 Å². The Balaban J connectivity index is 1.51. The lowest BCUT2D eigenvalue weighted by Crippen LogP contribution is -2.35. The molecule has 0 saturated carbocycles. The number of carbonyl (C=O) groups is 2. The van der Waals surface area contributed by atoms with E-state index in [-0.39, 0.29) is 17.6 Å². The van der Waals surface area contributed by atoms with Crippen LogP contribution in [0.25, 0.3) is 0 Å². The van der Waals surface area contributed by atoms with Gasteiger partial charge in [-0.15, -0.1) is 11.3 Å². The maximum Gasteiger partial charge on any atom is 0.335 e. The van der Waals surface area contributed by atoms with Crippen molar-refractivity contribution < 1.29 is 19.4 Å². The molecule has 6 nitrogen and oxygen atoms in total. The molecule has 1 fully saturated rings. The van der Waals surface area contributed by atoms with Crippen molar-refractivity contribution in [1.82, 2.24) is 9.88 Å². The normalized spacial score (nSPS) is 19.7. The summed E-state index contributed by atoms with van der Waals surface area (Å²) in [5, 5.41) is 10.0. The van der Waals surface area contributed by atoms with E-state index in [9.17, 15) is 9.59 Å². The Morgan fingerprint density at radius 3 is 2.96 bits per heavy atom. The molecule has 25 heavy (non-hydrogen) atoms. The zero-order valence-electron chi connectivity index (χ0n) is 13.6. The second-order valence-electron chi connectivity index (χ2n) is 6.33. The summed E-state index contributed by atoms with van der Waals surface area (Å²) < 4.78 is 5.63. The quantitative estimate of drug-likeness (QED) is 0.913. The molecule has 3 heterocycles. The van der Waals surface area contributed by atoms with Crippen LogP contribution < -0.4 is 0 Å². The Hall–Kier alpha value is -2.25. The summed E-state index contributed by atoms with van der Waals surface area (Å²) in [6, 6.07) is 5.14. The third kappa shape index (κ3) is 3.17. The molecular formula is C18H18N2O4S. The second-order valence-corrected chi connectivity index (χ2v) is 7.39. The number of rotatable bonds is 3. The lowest BCUT2D eigenvalue weighted by molar-refractivity contribution is 0.0696. The first-order valence-electron chi connectivity index (χ1n) is 8.33. The number of fused-ring (bicyclic) bond motifs is 1. The summed E-state index contributed by atoms with van der Waals surface area (Å²) in [5.74, 6) is -0.997. The van der Waals surface area contributed by atoms with Crippen molar-refractivity contribution in [3.63, 3.8) is 0 Å². The van der Waals surface area contributed by atoms with E-state index in [4.69, 9.17) is 9.84 Å². The van der Waals surface area contributed by atoms with Crippen molar-refractivity contribution in [1.29, 1.82) is 0 Å². The van der Waals surface area contributed by atoms with Gasteiger partial charge in [0.15, 0.2) is 0 Å². The van der Waals surface area contributed by atoms with Crippen molar-refractivity contribution >= 4 is 23.2 Å². The number of aromatic carboxylic acids is 1. The fraction of sp³-hybridized carbons (Fsp3) is 0.389. The lowest BCUT2D eigenvalue weighted by atomic mass is 9.97. The standard InChI is InChI=1S/C18H18N2O4S/c21-17(15-9-19-16(25-15)14-2-1-7-24-14)20-6-5-11-3-4-12(18(22)23)8-13(11)10-20/h3-4,8-9,14H,1-2,5-7,10H2,(H,22,23). The van der Waals surface area contributed by atoms with Gasteiger partial charge in [-0.05, 0) is 42.5 Å². The maximum atomic E-state index is 12.8. The fourth-order valence-electron chi connectivity index (χ4n) is 3.33. The fourth-order valence-corrected chi connectivity index (χ4v) is 4.30. The Labute approximate surface area is 149 Å². The number of ether oxygens (including phenoxy) is 1. The summed E-state index contributed by atoms with van der Waals surface area (Å²) >= 11 is 1.40. The lowest BCUT2D eigenvalue weighted by Gasteiger charge is -2.28. The minimum atomic E-state index is -0.949. The van der Waals surface area contributed by atoms with Crippen molar-refractivity contribution in [3.05, 3.63) is 51.0 Å². The summed E-state index contributed by atoms with van der Waals surface area (Å²) in [6.07, 6.45) is 4.37. The highest BCUT2D eigenvalue weighted by Crippen LogP contribution is 2.32. The molecule has 1 atom stereocenters. The zero-order valence-corrected chi connectivity index (χ0v) is 14.4. The van der Waals surface area contributed by atoms with E-state index in [1.807, 2.05) is 6.07 Å². The molecule has 0 bridgehead atoms. The number of nitrogens with zero attached hydrogens (tertiary/aromatic N) is 2. The number of aromatic nitrogens is 1. The molecule has 1 saturated heterocycles. The minimum absolute atomic E-state index is 0.0201. The molecule has 1 unspecified atom stereocenters. The average molecular weight is 358 g/mol. The first kappa shape index (κ1) is 16.2. The molecule has 0 aliphatic carbocycles. The Kier molecular flexibility index (Phi) is 4.27. The van der Waals surface area contributed by atoms with Gasteiger partial charge in [0, 0.05) is 19.7 Å². The largest absolute Gasteiger partial charge is 0.478 e. The topological polar surface area (TPSA) is 79.7 Å². The zero-order chi connectivity index (χ0) is 17.4. The first-order valence-corrected chi connectivity index (χ1v) is 9.15. The van der Waals surface area contributed by atoms with Gasteiger partial charge in [-0.3, -0.25) is 4.79 Å². The van der Waals surface area contributed by atoms with Crippen LogP contribution in [-0.4, -0.2) is 40.0 Å². The molecule has 0 radical (unpaired) electrons. The van der Waals surface area contributed by atoms with Crippen LogP contribution >= 0.6 is 11.3 Å². The Morgan fingerprint density at radius 1 is 1.32 bits per heavy atom. The monoisotopic (exact) mass is 358 g/mol. The highest BCUT2D eigenvalue weighted by Gasteiger charge is 2.26. The third-order valence-electron chi connectivity index (χ3n) is 4.69. The van der Waals surface area contributed by atoms with Gasteiger partial charge < -0.3 is 14.7 Å². The summed E-state index contributed by atoms with van der Waals surface area (Å²) in [4.78, 5) is 30.7. The summed E-state index contributed by atoms with van der Waals surface area (Å²) in [5.41, 5.74) is 2.27. The molecule has 1 N–H and O–H groups in total. The van der Waals surface area contributed by atoms with Crippen molar-refractivity contribution in [2.75, 3.05) is 13.2 Å². The molecule has 2 aliphatic rings. The Morgan fingerprint density at radius 2 is 2.20 bits per heavy atom. The first-order chi connectivity index (χ1) is 12.1. The van der Waals surface area contributed by atoms with Crippen LogP contribution in [0.3, 0.4) is 0 Å². The maximum absolute atomic E-state index is 12.8. The number of thiazole rings is 1. The average Bonchev–Trinajstić information content (AvgIpc) is 3.31. The number of benzene rings is 1. The van der Waals surface area contributed by atoms with Crippen LogP contribution in [-0.2, 0) is 17.7 Å². The molecule has 0 spiro atoms. The highest BCUT2D eigenvalue weighted by molar-refractivity contribution is 7.13. The molecule has 2 aromatic rings. The molecule has 1 aromatic heterocycles. The van der Waals surface area contributed by atoms with E-state index in [1.54, 1.807) is 23.2 Å². The van der Waals surface area contributed by atoms with Gasteiger partial charge in [0.05, 0.1) is 11.8 Å². The van der Waals surface area contributed by atoms with Crippen molar-refractivity contribution in [3.8, 4) is 0 Å². The SMILES string of the molecule is O=C(O)c1ccc2c(c1)CN(C(=O)c1cnc(C3CCCO3)s1)CC2. The predicted molar refractivity (Wildman–Crippen MR) is 91.9 cm³/mol. The van der Waals surface area contributed by atoms with Crippen LogP contribution in [0.15, 0.2) is 24.4 Å². The van der Waals surface area contributed by atoms with E-state index in [1.165, 1.54) is 11.3 Å². The van der Waals surface area contributed by atoms with Crippen LogP contribution in [0.1, 0.15) is 55.1 Å². The van der Waals surface area contributed by atoms with Gasteiger partial charge in [0.1, 0.15) is 16.0 Å². The van der Waals surface area contributed by atoms with Gasteiger partial charge in [0.25, 0.3) is 5.91 Å². The molecule has 4 rings (SSSR count). The van der Waals surface area contributed by atoms with E-state index < -0.39 is 5.97 Å². The minimum Gasteiger partial charge on any atom is -0.478 e. The summed E-state index contributed by atoms with van der Waals surface area (Å²) in [6.45, 7) is 1.82. The number of carboxylic acids is 1. The van der Waals surface area contributed by atoms with E-state index in [0.717, 1.165) is 42.0 Å². The molecular weight excluding hydrogens is 340 g/mol. The van der Waals surface area contributed by atoms with Gasteiger partial charge >= 0.3 is 5.97 Å². The van der Waals surface area contributed by atoms with Gasteiger partial charge in [-0.2, -0.15) is 0 Å². The smallest absolute Gasteiger partial charge is 0.335 e. The molecule has 7 heteroatoms. The van der Waals surface area contributed by atoms with Crippen LogP contribution in [0.2, 0.25) is 0 Å². The molecule has 1 aromatic carbocycles. The predicted octanol–water partition coefficient (Wildman–Crippen LogP) is 2.89. The van der Waals surface area contributed by atoms with E-state index >= 15 is 0 Å². The third-order valence-corrected chi connectivity index (χ3v) is 5.77. The van der Waals surface area contributed by atoms with Crippen LogP contribution in [0.4, 0.5) is 0 Å².